The zero-order valence-corrected chi connectivity index (χ0v) is 10.9. The molecule has 1 aromatic rings. The van der Waals surface area contributed by atoms with Gasteiger partial charge in [0.05, 0.1) is 12.2 Å². The maximum atomic E-state index is 11.5. The van der Waals surface area contributed by atoms with Crippen LogP contribution in [-0.4, -0.2) is 18.5 Å². The molecule has 0 radical (unpaired) electrons. The van der Waals surface area contributed by atoms with E-state index in [1.54, 1.807) is 31.2 Å². The summed E-state index contributed by atoms with van der Waals surface area (Å²) in [6, 6.07) is 6.70. The number of hydrogen-bond donors (Lipinski definition) is 1. The Balaban J connectivity index is 2.55. The van der Waals surface area contributed by atoms with Crippen molar-refractivity contribution < 1.29 is 14.3 Å². The SMILES string of the molecule is CCCCC(=O)Nc1ccc(C(=O)OCC)cc1. The molecule has 0 aromatic heterocycles. The number of nitrogens with one attached hydrogen (secondary N) is 1. The minimum absolute atomic E-state index is 0.000680. The second kappa shape index (κ2) is 7.48. The second-order valence-corrected chi connectivity index (χ2v) is 3.95. The van der Waals surface area contributed by atoms with E-state index in [0.29, 0.717) is 24.3 Å². The fourth-order valence-corrected chi connectivity index (χ4v) is 1.46. The summed E-state index contributed by atoms with van der Waals surface area (Å²) < 4.78 is 4.88. The van der Waals surface area contributed by atoms with E-state index in [4.69, 9.17) is 4.74 Å². The van der Waals surface area contributed by atoms with Crippen molar-refractivity contribution in [3.05, 3.63) is 29.8 Å². The average Bonchev–Trinajstić information content (AvgIpc) is 2.37. The van der Waals surface area contributed by atoms with Gasteiger partial charge in [0.15, 0.2) is 0 Å². The fraction of sp³-hybridized carbons (Fsp3) is 0.429. The van der Waals surface area contributed by atoms with E-state index in [1.165, 1.54) is 0 Å². The quantitative estimate of drug-likeness (QED) is 0.788. The Labute approximate surface area is 107 Å². The molecular formula is C14H19NO3. The summed E-state index contributed by atoms with van der Waals surface area (Å²) in [5.41, 5.74) is 1.19. The van der Waals surface area contributed by atoms with Crippen LogP contribution in [0.5, 0.6) is 0 Å². The molecule has 0 atom stereocenters. The number of anilines is 1. The molecule has 0 spiro atoms. The first kappa shape index (κ1) is 14.2. The number of hydrogen-bond acceptors (Lipinski definition) is 3. The molecule has 0 unspecified atom stereocenters. The summed E-state index contributed by atoms with van der Waals surface area (Å²) in [4.78, 5) is 22.9. The first-order valence-corrected chi connectivity index (χ1v) is 6.24. The molecule has 4 heteroatoms. The maximum absolute atomic E-state index is 11.5. The Morgan fingerprint density at radius 2 is 1.83 bits per heavy atom. The highest BCUT2D eigenvalue weighted by atomic mass is 16.5. The van der Waals surface area contributed by atoms with Crippen molar-refractivity contribution in [3.8, 4) is 0 Å². The van der Waals surface area contributed by atoms with Crippen LogP contribution >= 0.6 is 0 Å². The summed E-state index contributed by atoms with van der Waals surface area (Å²) in [6.45, 7) is 4.16. The molecule has 0 fully saturated rings. The average molecular weight is 249 g/mol. The minimum Gasteiger partial charge on any atom is -0.462 e. The monoisotopic (exact) mass is 249 g/mol. The Morgan fingerprint density at radius 3 is 2.39 bits per heavy atom. The van der Waals surface area contributed by atoms with Crippen molar-refractivity contribution in [2.75, 3.05) is 11.9 Å². The highest BCUT2D eigenvalue weighted by molar-refractivity contribution is 5.93. The lowest BCUT2D eigenvalue weighted by Gasteiger charge is -2.06. The standard InChI is InChI=1S/C14H19NO3/c1-3-5-6-13(16)15-12-9-7-11(8-10-12)14(17)18-4-2/h7-10H,3-6H2,1-2H3,(H,15,16). The molecule has 98 valence electrons. The molecule has 0 bridgehead atoms. The van der Waals surface area contributed by atoms with Crippen LogP contribution in [0.1, 0.15) is 43.5 Å². The van der Waals surface area contributed by atoms with Crippen LogP contribution in [-0.2, 0) is 9.53 Å². The summed E-state index contributed by atoms with van der Waals surface area (Å²) in [6.07, 6.45) is 2.40. The van der Waals surface area contributed by atoms with Gasteiger partial charge < -0.3 is 10.1 Å². The fourth-order valence-electron chi connectivity index (χ4n) is 1.46. The van der Waals surface area contributed by atoms with E-state index >= 15 is 0 Å². The van der Waals surface area contributed by atoms with Gasteiger partial charge in [0.2, 0.25) is 5.91 Å². The van der Waals surface area contributed by atoms with Crippen LogP contribution in [0.2, 0.25) is 0 Å². The van der Waals surface area contributed by atoms with Crippen LogP contribution in [0.15, 0.2) is 24.3 Å². The van der Waals surface area contributed by atoms with Gasteiger partial charge in [-0.3, -0.25) is 4.79 Å². The number of esters is 1. The number of carbonyl (C=O) groups is 2. The number of amides is 1. The van der Waals surface area contributed by atoms with Gasteiger partial charge in [0.25, 0.3) is 0 Å². The third-order valence-corrected chi connectivity index (χ3v) is 2.44. The van der Waals surface area contributed by atoms with Gasteiger partial charge in [0.1, 0.15) is 0 Å². The van der Waals surface area contributed by atoms with E-state index in [9.17, 15) is 9.59 Å². The minimum atomic E-state index is -0.346. The zero-order valence-electron chi connectivity index (χ0n) is 10.9. The zero-order chi connectivity index (χ0) is 13.4. The Bertz CT molecular complexity index is 398. The predicted octanol–water partition coefficient (Wildman–Crippen LogP) is 2.99. The molecule has 0 saturated heterocycles. The topological polar surface area (TPSA) is 55.4 Å². The van der Waals surface area contributed by atoms with Gasteiger partial charge in [-0.2, -0.15) is 0 Å². The van der Waals surface area contributed by atoms with Gasteiger partial charge in [-0.1, -0.05) is 13.3 Å². The van der Waals surface area contributed by atoms with Crippen molar-refractivity contribution >= 4 is 17.6 Å². The molecule has 1 amide bonds. The highest BCUT2D eigenvalue weighted by Gasteiger charge is 2.06. The van der Waals surface area contributed by atoms with Crippen LogP contribution in [0.4, 0.5) is 5.69 Å². The van der Waals surface area contributed by atoms with Gasteiger partial charge in [-0.25, -0.2) is 4.79 Å². The molecule has 1 rings (SSSR count). The van der Waals surface area contributed by atoms with E-state index < -0.39 is 0 Å². The van der Waals surface area contributed by atoms with Crippen molar-refractivity contribution in [1.29, 1.82) is 0 Å². The molecule has 18 heavy (non-hydrogen) atoms. The predicted molar refractivity (Wildman–Crippen MR) is 70.6 cm³/mol. The molecule has 0 aliphatic carbocycles. The molecule has 4 nitrogen and oxygen atoms in total. The van der Waals surface area contributed by atoms with E-state index in [2.05, 4.69) is 5.32 Å². The summed E-state index contributed by atoms with van der Waals surface area (Å²) in [7, 11) is 0. The Hall–Kier alpha value is -1.84. The Kier molecular flexibility index (Phi) is 5.91. The third-order valence-electron chi connectivity index (χ3n) is 2.44. The normalized spacial score (nSPS) is 9.89. The van der Waals surface area contributed by atoms with Crippen LogP contribution < -0.4 is 5.32 Å². The summed E-state index contributed by atoms with van der Waals surface area (Å²) in [5.74, 6) is -0.345. The first-order chi connectivity index (χ1) is 8.67. The maximum Gasteiger partial charge on any atom is 0.338 e. The van der Waals surface area contributed by atoms with Crippen molar-refractivity contribution in [2.24, 2.45) is 0 Å². The van der Waals surface area contributed by atoms with Gasteiger partial charge in [-0.15, -0.1) is 0 Å². The van der Waals surface area contributed by atoms with Crippen LogP contribution in [0.3, 0.4) is 0 Å². The van der Waals surface area contributed by atoms with E-state index in [0.717, 1.165) is 12.8 Å². The van der Waals surface area contributed by atoms with Crippen LogP contribution in [0.25, 0.3) is 0 Å². The first-order valence-electron chi connectivity index (χ1n) is 6.24. The van der Waals surface area contributed by atoms with E-state index in [1.807, 2.05) is 6.92 Å². The van der Waals surface area contributed by atoms with E-state index in [-0.39, 0.29) is 11.9 Å². The molecule has 1 N–H and O–H groups in total. The number of carbonyl (C=O) groups excluding carboxylic acids is 2. The highest BCUT2D eigenvalue weighted by Crippen LogP contribution is 2.11. The van der Waals surface area contributed by atoms with Crippen LogP contribution in [0, 0.1) is 0 Å². The number of unbranched alkanes of at least 4 members (excludes halogenated alkanes) is 1. The molecule has 0 saturated carbocycles. The lowest BCUT2D eigenvalue weighted by atomic mass is 10.2. The van der Waals surface area contributed by atoms with Crippen molar-refractivity contribution in [2.45, 2.75) is 33.1 Å². The van der Waals surface area contributed by atoms with Crippen molar-refractivity contribution in [3.63, 3.8) is 0 Å². The summed E-state index contributed by atoms with van der Waals surface area (Å²) >= 11 is 0. The molecular weight excluding hydrogens is 230 g/mol. The number of ether oxygens (including phenoxy) is 1. The largest absolute Gasteiger partial charge is 0.462 e. The third kappa shape index (κ3) is 4.57. The second-order valence-electron chi connectivity index (χ2n) is 3.95. The van der Waals surface area contributed by atoms with Gasteiger partial charge >= 0.3 is 5.97 Å². The van der Waals surface area contributed by atoms with Crippen molar-refractivity contribution in [1.82, 2.24) is 0 Å². The lowest BCUT2D eigenvalue weighted by molar-refractivity contribution is -0.116. The number of rotatable bonds is 6. The molecule has 0 aliphatic rings. The number of benzene rings is 1. The Morgan fingerprint density at radius 1 is 1.17 bits per heavy atom. The van der Waals surface area contributed by atoms with Gasteiger partial charge in [-0.05, 0) is 37.6 Å². The lowest BCUT2D eigenvalue weighted by Crippen LogP contribution is -2.11. The smallest absolute Gasteiger partial charge is 0.338 e. The molecule has 0 aliphatic heterocycles. The molecule has 0 heterocycles. The van der Waals surface area contributed by atoms with Gasteiger partial charge in [0, 0.05) is 12.1 Å². The molecule has 1 aromatic carbocycles. The summed E-state index contributed by atoms with van der Waals surface area (Å²) in [5, 5.41) is 2.78.